The van der Waals surface area contributed by atoms with Gasteiger partial charge in [0.25, 0.3) is 5.91 Å². The van der Waals surface area contributed by atoms with Crippen molar-refractivity contribution in [2.75, 3.05) is 36.8 Å². The number of hydrogen-bond acceptors (Lipinski definition) is 9. The van der Waals surface area contributed by atoms with Gasteiger partial charge in [0.15, 0.2) is 0 Å². The van der Waals surface area contributed by atoms with E-state index in [1.54, 1.807) is 18.2 Å². The summed E-state index contributed by atoms with van der Waals surface area (Å²) in [5.41, 5.74) is 5.14. The Morgan fingerprint density at radius 2 is 1.64 bits per heavy atom. The number of fused-ring (bicyclic) bond motifs is 1. The molecule has 2 amide bonds. The van der Waals surface area contributed by atoms with Crippen LogP contribution in [0.25, 0.3) is 22.0 Å². The van der Waals surface area contributed by atoms with Crippen molar-refractivity contribution in [2.24, 2.45) is 0 Å². The molecule has 6 aromatic rings. The van der Waals surface area contributed by atoms with Crippen molar-refractivity contribution in [3.05, 3.63) is 146 Å². The number of hydrogen-bond donors (Lipinski definition) is 6. The van der Waals surface area contributed by atoms with Gasteiger partial charge in [0.1, 0.15) is 11.9 Å². The molecule has 0 radical (unpaired) electrons. The lowest BCUT2D eigenvalue weighted by Gasteiger charge is -2.31. The number of aromatic nitrogens is 1. The number of nitrogens with one attached hydrogen (secondary N) is 4. The number of aromatic amines is 1. The normalized spacial score (nSPS) is 14.1. The van der Waals surface area contributed by atoms with E-state index < -0.39 is 12.2 Å². The number of pyridine rings is 1. The maximum Gasteiger partial charge on any atom is 0.411 e. The average Bonchev–Trinajstić information content (AvgIpc) is 3.68. The third-order valence-electron chi connectivity index (χ3n) is 9.77. The topological polar surface area (TPSA) is 156 Å². The molecule has 1 saturated heterocycles. The number of carbonyl (C=O) groups excluding carboxylic acids is 2. The largest absolute Gasteiger partial charge is 0.506 e. The van der Waals surface area contributed by atoms with Gasteiger partial charge >= 0.3 is 6.09 Å². The van der Waals surface area contributed by atoms with Crippen LogP contribution < -0.4 is 21.5 Å². The van der Waals surface area contributed by atoms with E-state index in [1.807, 2.05) is 84.9 Å². The number of carbonyl (C=O) groups is 2. The highest BCUT2D eigenvalue weighted by Crippen LogP contribution is 2.30. The number of phenols is 1. The third-order valence-corrected chi connectivity index (χ3v) is 10.9. The number of aliphatic hydroxyl groups excluding tert-OH is 1. The Balaban J connectivity index is 0.813. The molecule has 282 valence electrons. The fraction of sp³-hybridized carbons (Fsp3) is 0.233. The number of likely N-dealkylation sites (tertiary alicyclic amines) is 1. The summed E-state index contributed by atoms with van der Waals surface area (Å²) in [5.74, 6) is -0.244. The second kappa shape index (κ2) is 17.6. The van der Waals surface area contributed by atoms with Crippen LogP contribution in [0, 0.1) is 0 Å². The molecule has 12 heteroatoms. The van der Waals surface area contributed by atoms with E-state index in [9.17, 15) is 24.6 Å². The summed E-state index contributed by atoms with van der Waals surface area (Å²) in [6, 6.07) is 35.3. The van der Waals surface area contributed by atoms with E-state index in [1.165, 1.54) is 29.0 Å². The van der Waals surface area contributed by atoms with Crippen LogP contribution in [0.5, 0.6) is 5.75 Å². The van der Waals surface area contributed by atoms with Crippen molar-refractivity contribution in [1.29, 1.82) is 0 Å². The second-order valence-electron chi connectivity index (χ2n) is 13.6. The quantitative estimate of drug-likeness (QED) is 0.0718. The van der Waals surface area contributed by atoms with Crippen LogP contribution in [-0.2, 0) is 17.7 Å². The number of rotatable bonds is 13. The molecule has 1 aliphatic heterocycles. The molecule has 3 heterocycles. The Morgan fingerprint density at radius 1 is 0.873 bits per heavy atom. The molecule has 0 bridgehead atoms. The summed E-state index contributed by atoms with van der Waals surface area (Å²) in [5, 5.41) is 30.7. The predicted octanol–water partition coefficient (Wildman–Crippen LogP) is 7.29. The van der Waals surface area contributed by atoms with Gasteiger partial charge in [-0.3, -0.25) is 14.9 Å². The number of piperidine rings is 1. The molecule has 1 fully saturated rings. The number of aromatic hydroxyl groups is 1. The van der Waals surface area contributed by atoms with Crippen LogP contribution in [0.3, 0.4) is 0 Å². The van der Waals surface area contributed by atoms with Crippen molar-refractivity contribution >= 4 is 45.6 Å². The number of aliphatic hydroxyl groups is 1. The first kappa shape index (κ1) is 37.5. The van der Waals surface area contributed by atoms with Crippen molar-refractivity contribution in [3.8, 4) is 16.9 Å². The van der Waals surface area contributed by atoms with Gasteiger partial charge in [-0.05, 0) is 78.4 Å². The van der Waals surface area contributed by atoms with Gasteiger partial charge in [-0.15, -0.1) is 11.3 Å². The number of phenolic OH excluding ortho intramolecular Hbond substituents is 1. The Bertz CT molecular complexity index is 2300. The van der Waals surface area contributed by atoms with Crippen LogP contribution in [0.2, 0.25) is 0 Å². The molecular weight excluding hydrogens is 715 g/mol. The summed E-state index contributed by atoms with van der Waals surface area (Å²) < 4.78 is 5.80. The van der Waals surface area contributed by atoms with Gasteiger partial charge in [-0.25, -0.2) is 4.79 Å². The highest BCUT2D eigenvalue weighted by atomic mass is 32.1. The lowest BCUT2D eigenvalue weighted by Crippen LogP contribution is -2.39. The van der Waals surface area contributed by atoms with E-state index in [2.05, 4.69) is 25.8 Å². The number of benzene rings is 4. The third kappa shape index (κ3) is 9.66. The zero-order chi connectivity index (χ0) is 38.1. The number of H-pyrrole nitrogens is 1. The number of anilines is 2. The zero-order valence-electron chi connectivity index (χ0n) is 30.2. The Hall–Kier alpha value is -5.79. The number of ether oxygens (including phenoxy) is 1. The molecule has 6 N–H and O–H groups in total. The highest BCUT2D eigenvalue weighted by molar-refractivity contribution is 7.14. The van der Waals surface area contributed by atoms with Crippen molar-refractivity contribution < 1.29 is 24.5 Å². The molecule has 7 rings (SSSR count). The average molecular weight is 758 g/mol. The first-order valence-corrected chi connectivity index (χ1v) is 19.2. The van der Waals surface area contributed by atoms with Crippen LogP contribution in [-0.4, -0.2) is 64.4 Å². The molecule has 2 aromatic heterocycles. The fourth-order valence-electron chi connectivity index (χ4n) is 6.82. The van der Waals surface area contributed by atoms with Gasteiger partial charge in [-0.2, -0.15) is 0 Å². The Labute approximate surface area is 322 Å². The molecule has 1 aliphatic rings. The van der Waals surface area contributed by atoms with Crippen molar-refractivity contribution in [2.45, 2.75) is 38.0 Å². The maximum atomic E-state index is 13.0. The summed E-state index contributed by atoms with van der Waals surface area (Å²) in [4.78, 5) is 44.0. The smallest absolute Gasteiger partial charge is 0.411 e. The molecular formula is C43H43N5O6S. The number of amides is 2. The number of nitrogens with zero attached hydrogens (tertiary/aromatic N) is 1. The van der Waals surface area contributed by atoms with Crippen LogP contribution >= 0.6 is 11.3 Å². The zero-order valence-corrected chi connectivity index (χ0v) is 31.0. The number of thiophene rings is 1. The molecule has 4 aromatic carbocycles. The summed E-state index contributed by atoms with van der Waals surface area (Å²) in [6.07, 6.45) is 1.00. The lowest BCUT2D eigenvalue weighted by atomic mass is 10.0. The minimum Gasteiger partial charge on any atom is -0.506 e. The molecule has 11 nitrogen and oxygen atoms in total. The van der Waals surface area contributed by atoms with Gasteiger partial charge < -0.3 is 35.5 Å². The van der Waals surface area contributed by atoms with Gasteiger partial charge in [0.2, 0.25) is 5.56 Å². The molecule has 1 atom stereocenters. The standard InChI is InChI=1S/C43H43N5O6S/c49-37-17-15-34(35-16-19-40(51)47-41(35)37)38(50)27-44-26-32-14-18-39(55-32)42(52)45-30-12-10-28(11-13-30)20-23-48-24-21-31(22-25-48)54-43(53)46-36-9-5-4-8-33(36)29-6-2-1-3-7-29/h1-19,31,38,44,49-50H,20-27H2,(H,45,52)(H,46,53)(H,47,51)/t38-/m0/s1. The fourth-order valence-corrected chi connectivity index (χ4v) is 7.70. The van der Waals surface area contributed by atoms with Crippen LogP contribution in [0.15, 0.2) is 120 Å². The molecule has 0 spiro atoms. The number of para-hydroxylation sites is 1. The molecule has 55 heavy (non-hydrogen) atoms. The van der Waals surface area contributed by atoms with E-state index in [-0.39, 0.29) is 35.4 Å². The first-order chi connectivity index (χ1) is 26.8. The van der Waals surface area contributed by atoms with E-state index in [0.717, 1.165) is 66.3 Å². The van der Waals surface area contributed by atoms with Gasteiger partial charge in [0.05, 0.1) is 22.2 Å². The predicted molar refractivity (Wildman–Crippen MR) is 217 cm³/mol. The van der Waals surface area contributed by atoms with E-state index >= 15 is 0 Å². The minimum absolute atomic E-state index is 0.0572. The first-order valence-electron chi connectivity index (χ1n) is 18.4. The molecule has 0 unspecified atom stereocenters. The Kier molecular flexibility index (Phi) is 12.0. The lowest BCUT2D eigenvalue weighted by molar-refractivity contribution is 0.0593. The van der Waals surface area contributed by atoms with Gasteiger partial charge in [-0.1, -0.05) is 66.7 Å². The highest BCUT2D eigenvalue weighted by Gasteiger charge is 2.23. The molecule has 0 saturated carbocycles. The van der Waals surface area contributed by atoms with Crippen molar-refractivity contribution in [3.63, 3.8) is 0 Å². The second-order valence-corrected chi connectivity index (χ2v) is 14.8. The Morgan fingerprint density at radius 3 is 2.44 bits per heavy atom. The van der Waals surface area contributed by atoms with Crippen molar-refractivity contribution in [1.82, 2.24) is 15.2 Å². The van der Waals surface area contributed by atoms with E-state index in [4.69, 9.17) is 4.74 Å². The minimum atomic E-state index is -0.874. The maximum absolute atomic E-state index is 13.0. The van der Waals surface area contributed by atoms with E-state index in [0.29, 0.717) is 22.4 Å². The summed E-state index contributed by atoms with van der Waals surface area (Å²) >= 11 is 1.38. The SMILES string of the molecule is O=C(Nc1ccccc1-c1ccccc1)OC1CCN(CCc2ccc(NC(=O)c3ccc(CNC[C@H](O)c4ccc(O)c5[nH]c(=O)ccc45)s3)cc2)CC1. The van der Waals surface area contributed by atoms with Crippen LogP contribution in [0.4, 0.5) is 16.2 Å². The van der Waals surface area contributed by atoms with Crippen LogP contribution in [0.1, 0.15) is 44.6 Å². The summed E-state index contributed by atoms with van der Waals surface area (Å²) in [6.45, 7) is 3.29. The monoisotopic (exact) mass is 757 g/mol. The summed E-state index contributed by atoms with van der Waals surface area (Å²) in [7, 11) is 0. The molecule has 0 aliphatic carbocycles. The van der Waals surface area contributed by atoms with Gasteiger partial charge in [0, 0.05) is 60.3 Å².